The molecule has 2 heterocycles. The lowest BCUT2D eigenvalue weighted by molar-refractivity contribution is -0.136. The lowest BCUT2D eigenvalue weighted by atomic mass is 9.95. The fourth-order valence-corrected chi connectivity index (χ4v) is 5.20. The standard InChI is InChI=1S/C31H29ClN4O3/c1-2-17-35-26-20-36(30(38)27(26)28(34-31(35)39)23-13-15-24(32)16-14-23)25(18-21-9-5-3-6-10-21)29(37)33-19-22-11-7-4-8-12-22/h2-16,25,28H,1,17-20H2,(H,33,37)(H,34,39)/t25-,28+/m1/s1. The zero-order chi connectivity index (χ0) is 27.4. The number of amides is 4. The maximum atomic E-state index is 14.1. The normalized spacial score (nSPS) is 17.5. The second kappa shape index (κ2) is 11.6. The summed E-state index contributed by atoms with van der Waals surface area (Å²) in [4.78, 5) is 44.0. The Kier molecular flexibility index (Phi) is 7.79. The highest BCUT2D eigenvalue weighted by Crippen LogP contribution is 2.37. The molecular formula is C31H29ClN4O3. The van der Waals surface area contributed by atoms with Gasteiger partial charge in [0.15, 0.2) is 0 Å². The maximum Gasteiger partial charge on any atom is 0.322 e. The minimum atomic E-state index is -0.777. The summed E-state index contributed by atoms with van der Waals surface area (Å²) < 4.78 is 0. The van der Waals surface area contributed by atoms with Crippen LogP contribution in [0.2, 0.25) is 5.02 Å². The van der Waals surface area contributed by atoms with Crippen LogP contribution in [0, 0.1) is 0 Å². The fourth-order valence-electron chi connectivity index (χ4n) is 5.08. The largest absolute Gasteiger partial charge is 0.350 e. The Hall–Kier alpha value is -4.36. The first kappa shape index (κ1) is 26.3. The molecule has 0 aliphatic carbocycles. The molecule has 4 amide bonds. The topological polar surface area (TPSA) is 81.8 Å². The Morgan fingerprint density at radius 2 is 1.64 bits per heavy atom. The van der Waals surface area contributed by atoms with E-state index in [-0.39, 0.29) is 30.9 Å². The van der Waals surface area contributed by atoms with Gasteiger partial charge in [-0.1, -0.05) is 90.5 Å². The number of hydrogen-bond donors (Lipinski definition) is 2. The Bertz CT molecular complexity index is 1410. The van der Waals surface area contributed by atoms with Crippen LogP contribution in [0.15, 0.2) is 109 Å². The van der Waals surface area contributed by atoms with E-state index in [1.165, 1.54) is 4.90 Å². The van der Waals surface area contributed by atoms with Gasteiger partial charge in [-0.25, -0.2) is 4.79 Å². The van der Waals surface area contributed by atoms with Crippen LogP contribution in [0.1, 0.15) is 22.7 Å². The van der Waals surface area contributed by atoms with Gasteiger partial charge in [0, 0.05) is 24.5 Å². The van der Waals surface area contributed by atoms with Crippen LogP contribution in [0.4, 0.5) is 4.79 Å². The van der Waals surface area contributed by atoms with Gasteiger partial charge in [0.2, 0.25) is 5.91 Å². The number of halogens is 1. The lowest BCUT2D eigenvalue weighted by Gasteiger charge is -2.33. The van der Waals surface area contributed by atoms with Gasteiger partial charge in [0.25, 0.3) is 5.91 Å². The van der Waals surface area contributed by atoms with Gasteiger partial charge in [-0.3, -0.25) is 14.5 Å². The predicted molar refractivity (Wildman–Crippen MR) is 151 cm³/mol. The second-order valence-electron chi connectivity index (χ2n) is 9.54. The highest BCUT2D eigenvalue weighted by molar-refractivity contribution is 6.30. The summed E-state index contributed by atoms with van der Waals surface area (Å²) >= 11 is 6.10. The van der Waals surface area contributed by atoms with Crippen molar-refractivity contribution in [3.05, 3.63) is 131 Å². The van der Waals surface area contributed by atoms with Crippen LogP contribution < -0.4 is 10.6 Å². The van der Waals surface area contributed by atoms with Gasteiger partial charge in [0.1, 0.15) is 6.04 Å². The van der Waals surface area contributed by atoms with Crippen molar-refractivity contribution in [1.29, 1.82) is 0 Å². The molecular weight excluding hydrogens is 512 g/mol. The molecule has 0 saturated heterocycles. The van der Waals surface area contributed by atoms with Gasteiger partial charge in [0.05, 0.1) is 23.9 Å². The average molecular weight is 541 g/mol. The number of nitrogens with one attached hydrogen (secondary N) is 2. The highest BCUT2D eigenvalue weighted by Gasteiger charge is 2.46. The summed E-state index contributed by atoms with van der Waals surface area (Å²) in [6.07, 6.45) is 1.95. The number of rotatable bonds is 9. The molecule has 2 N–H and O–H groups in total. The third-order valence-corrected chi connectivity index (χ3v) is 7.28. The Morgan fingerprint density at radius 3 is 2.28 bits per heavy atom. The van der Waals surface area contributed by atoms with Crippen molar-refractivity contribution in [2.24, 2.45) is 0 Å². The van der Waals surface area contributed by atoms with Crippen molar-refractivity contribution in [3.8, 4) is 0 Å². The van der Waals surface area contributed by atoms with E-state index in [2.05, 4.69) is 17.2 Å². The molecule has 0 unspecified atom stereocenters. The van der Waals surface area contributed by atoms with E-state index in [0.29, 0.717) is 29.3 Å². The molecule has 39 heavy (non-hydrogen) atoms. The number of carbonyl (C=O) groups is 3. The van der Waals surface area contributed by atoms with Crippen LogP contribution >= 0.6 is 11.6 Å². The zero-order valence-corrected chi connectivity index (χ0v) is 22.1. The van der Waals surface area contributed by atoms with Gasteiger partial charge < -0.3 is 15.5 Å². The number of carbonyl (C=O) groups excluding carboxylic acids is 3. The molecule has 0 radical (unpaired) electrons. The van der Waals surface area contributed by atoms with Crippen molar-refractivity contribution in [3.63, 3.8) is 0 Å². The van der Waals surface area contributed by atoms with E-state index < -0.39 is 12.1 Å². The molecule has 0 fully saturated rings. The number of hydrogen-bond acceptors (Lipinski definition) is 3. The van der Waals surface area contributed by atoms with Gasteiger partial charge in [-0.05, 0) is 28.8 Å². The molecule has 3 aromatic carbocycles. The molecule has 3 aromatic rings. The Labute approximate surface area is 232 Å². The molecule has 0 saturated carbocycles. The summed E-state index contributed by atoms with van der Waals surface area (Å²) in [5, 5.41) is 6.53. The predicted octanol–water partition coefficient (Wildman–Crippen LogP) is 4.62. The summed E-state index contributed by atoms with van der Waals surface area (Å²) in [7, 11) is 0. The first-order chi connectivity index (χ1) is 19.0. The minimum absolute atomic E-state index is 0.135. The minimum Gasteiger partial charge on any atom is -0.350 e. The van der Waals surface area contributed by atoms with E-state index in [1.54, 1.807) is 35.2 Å². The first-order valence-electron chi connectivity index (χ1n) is 12.8. The van der Waals surface area contributed by atoms with E-state index in [4.69, 9.17) is 11.6 Å². The molecule has 0 spiro atoms. The van der Waals surface area contributed by atoms with Crippen LogP contribution in [-0.2, 0) is 22.6 Å². The summed E-state index contributed by atoms with van der Waals surface area (Å²) in [6, 6.07) is 24.5. The van der Waals surface area contributed by atoms with Gasteiger partial charge >= 0.3 is 6.03 Å². The lowest BCUT2D eigenvalue weighted by Crippen LogP contribution is -2.49. The molecule has 0 bridgehead atoms. The Balaban J connectivity index is 1.48. The zero-order valence-electron chi connectivity index (χ0n) is 21.3. The molecule has 198 valence electrons. The molecule has 5 rings (SSSR count). The third kappa shape index (κ3) is 5.59. The fraction of sp³-hybridized carbons (Fsp3) is 0.194. The number of urea groups is 1. The second-order valence-corrected chi connectivity index (χ2v) is 9.97. The van der Waals surface area contributed by atoms with E-state index in [1.807, 2.05) is 60.7 Å². The smallest absolute Gasteiger partial charge is 0.322 e. The molecule has 7 nitrogen and oxygen atoms in total. The summed E-state index contributed by atoms with van der Waals surface area (Å²) in [5.41, 5.74) is 3.66. The SMILES string of the molecule is C=CCN1C(=O)N[C@@H](c2ccc(Cl)cc2)C2=C1CN([C@H](Cc1ccccc1)C(=O)NCc1ccccc1)C2=O. The van der Waals surface area contributed by atoms with Crippen molar-refractivity contribution < 1.29 is 14.4 Å². The molecule has 2 aliphatic heterocycles. The third-order valence-electron chi connectivity index (χ3n) is 7.03. The van der Waals surface area contributed by atoms with Gasteiger partial charge in [-0.2, -0.15) is 0 Å². The van der Waals surface area contributed by atoms with Crippen molar-refractivity contribution >= 4 is 29.4 Å². The van der Waals surface area contributed by atoms with Crippen LogP contribution in [-0.4, -0.2) is 46.8 Å². The molecule has 2 aliphatic rings. The van der Waals surface area contributed by atoms with Crippen molar-refractivity contribution in [2.75, 3.05) is 13.1 Å². The average Bonchev–Trinajstić information content (AvgIpc) is 3.30. The van der Waals surface area contributed by atoms with E-state index >= 15 is 0 Å². The molecule has 2 atom stereocenters. The van der Waals surface area contributed by atoms with Crippen LogP contribution in [0.25, 0.3) is 0 Å². The van der Waals surface area contributed by atoms with E-state index in [9.17, 15) is 14.4 Å². The Morgan fingerprint density at radius 1 is 1.00 bits per heavy atom. The van der Waals surface area contributed by atoms with Crippen molar-refractivity contribution in [2.45, 2.75) is 25.0 Å². The molecule has 8 heteroatoms. The quantitative estimate of drug-likeness (QED) is 0.389. The van der Waals surface area contributed by atoms with E-state index in [0.717, 1.165) is 16.7 Å². The van der Waals surface area contributed by atoms with Gasteiger partial charge in [-0.15, -0.1) is 6.58 Å². The van der Waals surface area contributed by atoms with Crippen LogP contribution in [0.5, 0.6) is 0 Å². The number of nitrogens with zero attached hydrogens (tertiary/aromatic N) is 2. The molecule has 0 aromatic heterocycles. The summed E-state index contributed by atoms with van der Waals surface area (Å²) in [6.45, 7) is 4.50. The maximum absolute atomic E-state index is 14.1. The van der Waals surface area contributed by atoms with Crippen LogP contribution in [0.3, 0.4) is 0 Å². The number of benzene rings is 3. The highest BCUT2D eigenvalue weighted by atomic mass is 35.5. The summed E-state index contributed by atoms with van der Waals surface area (Å²) in [5.74, 6) is -0.539. The first-order valence-corrected chi connectivity index (χ1v) is 13.2. The van der Waals surface area contributed by atoms with Crippen molar-refractivity contribution in [1.82, 2.24) is 20.4 Å². The monoisotopic (exact) mass is 540 g/mol.